The first-order valence-electron chi connectivity index (χ1n) is 12.8. The molecule has 0 saturated carbocycles. The molecule has 1 saturated heterocycles. The molecule has 0 bridgehead atoms. The number of carbonyl (C=O) groups excluding carboxylic acids is 1. The Bertz CT molecular complexity index is 1440. The highest BCUT2D eigenvalue weighted by atomic mass is 19.1. The minimum absolute atomic E-state index is 0.0242. The van der Waals surface area contributed by atoms with E-state index in [1.807, 2.05) is 35.4 Å². The van der Waals surface area contributed by atoms with Crippen molar-refractivity contribution in [2.24, 2.45) is 0 Å². The number of nitrogens with one attached hydrogen (secondary N) is 1. The summed E-state index contributed by atoms with van der Waals surface area (Å²) in [6.45, 7) is 2.95. The summed E-state index contributed by atoms with van der Waals surface area (Å²) in [5.41, 5.74) is 4.03. The van der Waals surface area contributed by atoms with Gasteiger partial charge in [-0.05, 0) is 98.0 Å². The van der Waals surface area contributed by atoms with Gasteiger partial charge in [0.15, 0.2) is 11.5 Å². The summed E-state index contributed by atoms with van der Waals surface area (Å²) in [7, 11) is 2.09. The first-order chi connectivity index (χ1) is 18.0. The number of halogens is 1. The van der Waals surface area contributed by atoms with Crippen LogP contribution in [0.25, 0.3) is 22.0 Å². The molecule has 0 spiro atoms. The van der Waals surface area contributed by atoms with Crippen molar-refractivity contribution in [2.45, 2.75) is 25.4 Å². The van der Waals surface area contributed by atoms with Crippen molar-refractivity contribution in [1.29, 1.82) is 0 Å². The van der Waals surface area contributed by atoms with Crippen molar-refractivity contribution < 1.29 is 18.7 Å². The van der Waals surface area contributed by atoms with E-state index in [1.54, 1.807) is 24.3 Å². The van der Waals surface area contributed by atoms with Gasteiger partial charge in [0.25, 0.3) is 5.91 Å². The Hall–Kier alpha value is -3.84. The number of fused-ring (bicyclic) bond motifs is 2. The van der Waals surface area contributed by atoms with E-state index < -0.39 is 0 Å². The zero-order valence-corrected chi connectivity index (χ0v) is 20.9. The molecule has 37 heavy (non-hydrogen) atoms. The van der Waals surface area contributed by atoms with Crippen molar-refractivity contribution in [3.63, 3.8) is 0 Å². The van der Waals surface area contributed by atoms with E-state index in [0.29, 0.717) is 35.8 Å². The highest BCUT2D eigenvalue weighted by Crippen LogP contribution is 2.33. The molecule has 1 amide bonds. The number of H-pyrrole nitrogens is 1. The SMILES string of the molecule is CN1CCC(N(Cc2cc(-c3ccc4[nH]ccc4c3)ccc2F)C(=O)c2ccc3c(c2)OCCO3)CC1. The van der Waals surface area contributed by atoms with E-state index in [-0.39, 0.29) is 24.3 Å². The third kappa shape index (κ3) is 4.79. The fourth-order valence-electron chi connectivity index (χ4n) is 5.31. The van der Waals surface area contributed by atoms with Crippen LogP contribution in [-0.2, 0) is 6.54 Å². The van der Waals surface area contributed by atoms with Crippen LogP contribution in [0.4, 0.5) is 4.39 Å². The van der Waals surface area contributed by atoms with Crippen molar-refractivity contribution in [1.82, 2.24) is 14.8 Å². The van der Waals surface area contributed by atoms with Gasteiger partial charge in [-0.1, -0.05) is 12.1 Å². The number of benzene rings is 3. The summed E-state index contributed by atoms with van der Waals surface area (Å²) >= 11 is 0. The second kappa shape index (κ2) is 9.90. The number of hydrogen-bond acceptors (Lipinski definition) is 4. The van der Waals surface area contributed by atoms with Crippen LogP contribution >= 0.6 is 0 Å². The highest BCUT2D eigenvalue weighted by Gasteiger charge is 2.29. The molecular formula is C30H30FN3O3. The van der Waals surface area contributed by atoms with Crippen molar-refractivity contribution in [3.05, 3.63) is 83.8 Å². The standard InChI is InChI=1S/C30H30FN3O3/c1-33-12-9-25(10-13-33)34(30(35)23-4-7-28-29(18-23)37-15-14-36-28)19-24-17-20(2-5-26(24)31)21-3-6-27-22(16-21)8-11-32-27/h2-8,11,16-18,25,32H,9-10,12-15,19H2,1H3. The predicted octanol–water partition coefficient (Wildman–Crippen LogP) is 5.48. The van der Waals surface area contributed by atoms with E-state index in [4.69, 9.17) is 9.47 Å². The van der Waals surface area contributed by atoms with Crippen LogP contribution in [0.15, 0.2) is 66.9 Å². The highest BCUT2D eigenvalue weighted by molar-refractivity contribution is 5.95. The lowest BCUT2D eigenvalue weighted by atomic mass is 9.98. The molecule has 2 aliphatic rings. The fraction of sp³-hybridized carbons (Fsp3) is 0.300. The lowest BCUT2D eigenvalue weighted by Gasteiger charge is -2.37. The molecule has 3 heterocycles. The summed E-state index contributed by atoms with van der Waals surface area (Å²) < 4.78 is 26.5. The molecule has 4 aromatic rings. The largest absolute Gasteiger partial charge is 0.486 e. The summed E-state index contributed by atoms with van der Waals surface area (Å²) in [6, 6.07) is 18.7. The normalized spacial score (nSPS) is 16.2. The number of carbonyl (C=O) groups is 1. The molecule has 1 N–H and O–H groups in total. The first kappa shape index (κ1) is 23.6. The second-order valence-electron chi connectivity index (χ2n) is 9.91. The Kier molecular flexibility index (Phi) is 6.30. The molecule has 0 aliphatic carbocycles. The van der Waals surface area contributed by atoms with E-state index in [1.165, 1.54) is 6.07 Å². The van der Waals surface area contributed by atoms with Gasteiger partial charge in [-0.25, -0.2) is 4.39 Å². The molecule has 0 atom stereocenters. The van der Waals surface area contributed by atoms with Crippen molar-refractivity contribution in [2.75, 3.05) is 33.4 Å². The maximum Gasteiger partial charge on any atom is 0.254 e. The molecule has 7 heteroatoms. The maximum absolute atomic E-state index is 15.2. The molecule has 6 nitrogen and oxygen atoms in total. The number of piperidine rings is 1. The third-order valence-corrected chi connectivity index (χ3v) is 7.45. The zero-order chi connectivity index (χ0) is 25.4. The van der Waals surface area contributed by atoms with E-state index in [9.17, 15) is 4.79 Å². The number of amides is 1. The molecule has 0 radical (unpaired) electrons. The number of rotatable bonds is 5. The van der Waals surface area contributed by atoms with E-state index in [2.05, 4.69) is 23.0 Å². The molecule has 0 unspecified atom stereocenters. The van der Waals surface area contributed by atoms with Gasteiger partial charge in [0, 0.05) is 35.4 Å². The van der Waals surface area contributed by atoms with E-state index in [0.717, 1.165) is 48.0 Å². The Morgan fingerprint density at radius 3 is 2.57 bits per heavy atom. The summed E-state index contributed by atoms with van der Waals surface area (Å²) in [5.74, 6) is 0.796. The fourth-order valence-corrected chi connectivity index (χ4v) is 5.31. The number of likely N-dealkylation sites (tertiary alicyclic amines) is 1. The van der Waals surface area contributed by atoms with Crippen LogP contribution < -0.4 is 9.47 Å². The molecule has 2 aliphatic heterocycles. The monoisotopic (exact) mass is 499 g/mol. The Balaban J connectivity index is 1.33. The summed E-state index contributed by atoms with van der Waals surface area (Å²) in [6.07, 6.45) is 3.60. The average Bonchev–Trinajstić information content (AvgIpc) is 3.41. The number of aromatic nitrogens is 1. The van der Waals surface area contributed by atoms with Crippen LogP contribution in [0.5, 0.6) is 11.5 Å². The van der Waals surface area contributed by atoms with Crippen molar-refractivity contribution >= 4 is 16.8 Å². The molecule has 6 rings (SSSR count). The Morgan fingerprint density at radius 2 is 1.73 bits per heavy atom. The summed E-state index contributed by atoms with van der Waals surface area (Å²) in [4.78, 5) is 21.2. The zero-order valence-electron chi connectivity index (χ0n) is 20.9. The van der Waals surface area contributed by atoms with Gasteiger partial charge in [-0.15, -0.1) is 0 Å². The number of hydrogen-bond donors (Lipinski definition) is 1. The van der Waals surface area contributed by atoms with Crippen LogP contribution in [0.1, 0.15) is 28.8 Å². The smallest absolute Gasteiger partial charge is 0.254 e. The molecular weight excluding hydrogens is 469 g/mol. The molecule has 1 fully saturated rings. The van der Waals surface area contributed by atoms with Crippen LogP contribution in [0.3, 0.4) is 0 Å². The van der Waals surface area contributed by atoms with Gasteiger partial charge in [0.05, 0.1) is 0 Å². The predicted molar refractivity (Wildman–Crippen MR) is 142 cm³/mol. The number of ether oxygens (including phenoxy) is 2. The van der Waals surface area contributed by atoms with Gasteiger partial charge in [0.1, 0.15) is 19.0 Å². The third-order valence-electron chi connectivity index (χ3n) is 7.45. The van der Waals surface area contributed by atoms with Crippen LogP contribution in [-0.4, -0.2) is 60.1 Å². The van der Waals surface area contributed by atoms with Crippen LogP contribution in [0, 0.1) is 5.82 Å². The molecule has 1 aromatic heterocycles. The van der Waals surface area contributed by atoms with Crippen molar-refractivity contribution in [3.8, 4) is 22.6 Å². The van der Waals surface area contributed by atoms with Gasteiger partial charge >= 0.3 is 0 Å². The quantitative estimate of drug-likeness (QED) is 0.395. The Morgan fingerprint density at radius 1 is 0.973 bits per heavy atom. The minimum Gasteiger partial charge on any atom is -0.486 e. The van der Waals surface area contributed by atoms with Gasteiger partial charge in [0.2, 0.25) is 0 Å². The van der Waals surface area contributed by atoms with E-state index >= 15 is 4.39 Å². The van der Waals surface area contributed by atoms with Gasteiger partial charge < -0.3 is 24.3 Å². The molecule has 3 aromatic carbocycles. The maximum atomic E-state index is 15.2. The molecule has 190 valence electrons. The lowest BCUT2D eigenvalue weighted by molar-refractivity contribution is 0.0566. The lowest BCUT2D eigenvalue weighted by Crippen LogP contribution is -2.46. The number of nitrogens with zero attached hydrogens (tertiary/aromatic N) is 2. The topological polar surface area (TPSA) is 57.8 Å². The van der Waals surface area contributed by atoms with Gasteiger partial charge in [-0.3, -0.25) is 4.79 Å². The Labute approximate surface area is 215 Å². The average molecular weight is 500 g/mol. The summed E-state index contributed by atoms with van der Waals surface area (Å²) in [5, 5.41) is 1.10. The first-order valence-corrected chi connectivity index (χ1v) is 12.8. The van der Waals surface area contributed by atoms with Gasteiger partial charge in [-0.2, -0.15) is 0 Å². The minimum atomic E-state index is -0.306. The number of aromatic amines is 1. The second-order valence-corrected chi connectivity index (χ2v) is 9.91. The van der Waals surface area contributed by atoms with Crippen LogP contribution in [0.2, 0.25) is 0 Å².